The molecule has 0 N–H and O–H groups in total. The topological polar surface area (TPSA) is 45.8 Å². The molecule has 1 aromatic heterocycles. The summed E-state index contributed by atoms with van der Waals surface area (Å²) in [5, 5.41) is 0.263. The van der Waals surface area contributed by atoms with Crippen molar-refractivity contribution in [3.05, 3.63) is 60.2 Å². The number of aliphatic imine (C=N–C) groups is 1. The molecule has 0 aliphatic rings. The fourth-order valence-corrected chi connectivity index (χ4v) is 2.70. The monoisotopic (exact) mass is 375 g/mol. The third kappa shape index (κ3) is 5.06. The van der Waals surface area contributed by atoms with Crippen LogP contribution in [0.15, 0.2) is 53.8 Å². The van der Waals surface area contributed by atoms with Crippen LogP contribution in [-0.4, -0.2) is 45.2 Å². The van der Waals surface area contributed by atoms with Crippen molar-refractivity contribution in [3.63, 3.8) is 0 Å². The molecule has 0 bridgehead atoms. The fourth-order valence-electron chi connectivity index (χ4n) is 2.38. The molecule has 1 atom stereocenters. The van der Waals surface area contributed by atoms with Gasteiger partial charge in [0.25, 0.3) is 0 Å². The average Bonchev–Trinajstić information content (AvgIpc) is 2.63. The van der Waals surface area contributed by atoms with Gasteiger partial charge >= 0.3 is 0 Å². The molecular formula is C19H22FN3O2S. The Bertz CT molecular complexity index is 761. The van der Waals surface area contributed by atoms with E-state index in [0.29, 0.717) is 18.7 Å². The maximum absolute atomic E-state index is 13.2. The van der Waals surface area contributed by atoms with Gasteiger partial charge in [-0.15, -0.1) is 0 Å². The average molecular weight is 375 g/mol. The molecule has 1 aromatic carbocycles. The van der Waals surface area contributed by atoms with Crippen LogP contribution in [0.2, 0.25) is 0 Å². The third-order valence-electron chi connectivity index (χ3n) is 3.82. The van der Waals surface area contributed by atoms with Crippen molar-refractivity contribution in [3.8, 4) is 0 Å². The molecule has 0 aliphatic heterocycles. The van der Waals surface area contributed by atoms with Gasteiger partial charge in [-0.25, -0.2) is 4.39 Å². The summed E-state index contributed by atoms with van der Waals surface area (Å²) in [6.45, 7) is 0.792. The SMILES string of the molecule is COCCN=C([S-])[C@@H](C(=O)c1ccc(F)cc1)[n+]1ccc(N(C)C)cc1. The number of ketones is 1. The maximum Gasteiger partial charge on any atom is 0.237 e. The first-order valence-corrected chi connectivity index (χ1v) is 8.53. The number of Topliss-reactive ketones (excluding diaryl/α,β-unsaturated/α-hetero) is 1. The molecule has 5 nitrogen and oxygen atoms in total. The zero-order valence-electron chi connectivity index (χ0n) is 15.1. The van der Waals surface area contributed by atoms with E-state index in [2.05, 4.69) is 4.99 Å². The summed E-state index contributed by atoms with van der Waals surface area (Å²) < 4.78 is 19.9. The third-order valence-corrected chi connectivity index (χ3v) is 4.18. The summed E-state index contributed by atoms with van der Waals surface area (Å²) in [4.78, 5) is 19.3. The lowest BCUT2D eigenvalue weighted by atomic mass is 10.0. The van der Waals surface area contributed by atoms with Crippen LogP contribution in [0.1, 0.15) is 16.4 Å². The number of rotatable bonds is 8. The van der Waals surface area contributed by atoms with Crippen LogP contribution in [0.3, 0.4) is 0 Å². The highest BCUT2D eigenvalue weighted by Gasteiger charge is 2.28. The lowest BCUT2D eigenvalue weighted by Gasteiger charge is -2.19. The second kappa shape index (κ2) is 9.35. The molecule has 26 heavy (non-hydrogen) atoms. The predicted octanol–water partition coefficient (Wildman–Crippen LogP) is 2.20. The van der Waals surface area contributed by atoms with Crippen molar-refractivity contribution in [2.45, 2.75) is 6.04 Å². The lowest BCUT2D eigenvalue weighted by molar-refractivity contribution is -0.691. The first kappa shape index (κ1) is 19.9. The van der Waals surface area contributed by atoms with Crippen LogP contribution < -0.4 is 9.47 Å². The number of benzene rings is 1. The summed E-state index contributed by atoms with van der Waals surface area (Å²) in [5.41, 5.74) is 1.38. The van der Waals surface area contributed by atoms with Crippen molar-refractivity contribution in [1.29, 1.82) is 0 Å². The van der Waals surface area contributed by atoms with E-state index in [1.54, 1.807) is 24.1 Å². The van der Waals surface area contributed by atoms with Crippen LogP contribution in [0.5, 0.6) is 0 Å². The number of nitrogens with zero attached hydrogens (tertiary/aromatic N) is 3. The number of carbonyl (C=O) groups is 1. The van der Waals surface area contributed by atoms with Gasteiger partial charge in [-0.05, 0) is 29.3 Å². The molecule has 0 spiro atoms. The van der Waals surface area contributed by atoms with Gasteiger partial charge in [-0.3, -0.25) is 4.79 Å². The van der Waals surface area contributed by atoms with Crippen molar-refractivity contribution >= 4 is 29.1 Å². The highest BCUT2D eigenvalue weighted by atomic mass is 32.1. The lowest BCUT2D eigenvalue weighted by Crippen LogP contribution is -2.47. The molecule has 0 aliphatic carbocycles. The van der Waals surface area contributed by atoms with Crippen molar-refractivity contribution in [2.24, 2.45) is 4.99 Å². The highest BCUT2D eigenvalue weighted by Crippen LogP contribution is 2.14. The van der Waals surface area contributed by atoms with E-state index in [4.69, 9.17) is 17.4 Å². The van der Waals surface area contributed by atoms with Crippen molar-refractivity contribution in [1.82, 2.24) is 0 Å². The summed E-state index contributed by atoms with van der Waals surface area (Å²) in [5.74, 6) is -0.632. The number of halogens is 1. The molecule has 0 saturated heterocycles. The Morgan fingerprint density at radius 3 is 2.38 bits per heavy atom. The molecule has 0 amide bonds. The van der Waals surface area contributed by atoms with Crippen LogP contribution in [0.25, 0.3) is 0 Å². The second-order valence-electron chi connectivity index (χ2n) is 5.88. The minimum atomic E-state index is -0.775. The molecule has 0 saturated carbocycles. The minimum Gasteiger partial charge on any atom is -0.758 e. The molecular weight excluding hydrogens is 353 g/mol. The predicted molar refractivity (Wildman–Crippen MR) is 102 cm³/mol. The van der Waals surface area contributed by atoms with Gasteiger partial charge in [0.15, 0.2) is 12.4 Å². The number of anilines is 1. The normalized spacial score (nSPS) is 12.7. The number of hydrogen-bond acceptors (Lipinski definition) is 5. The van der Waals surface area contributed by atoms with Gasteiger partial charge in [0.2, 0.25) is 11.8 Å². The van der Waals surface area contributed by atoms with E-state index in [9.17, 15) is 9.18 Å². The van der Waals surface area contributed by atoms with Crippen LogP contribution in [0, 0.1) is 5.82 Å². The largest absolute Gasteiger partial charge is 0.758 e. The van der Waals surface area contributed by atoms with E-state index in [1.165, 1.54) is 24.3 Å². The Balaban J connectivity index is 2.39. The van der Waals surface area contributed by atoms with E-state index in [1.807, 2.05) is 31.1 Å². The number of methoxy groups -OCH3 is 1. The van der Waals surface area contributed by atoms with Gasteiger partial charge < -0.3 is 27.3 Å². The van der Waals surface area contributed by atoms with Crippen molar-refractivity contribution < 1.29 is 18.5 Å². The van der Waals surface area contributed by atoms with Crippen LogP contribution in [0.4, 0.5) is 10.1 Å². The molecule has 0 fully saturated rings. The smallest absolute Gasteiger partial charge is 0.237 e. The number of hydrogen-bond donors (Lipinski definition) is 0. The summed E-state index contributed by atoms with van der Waals surface area (Å²) >= 11 is 5.41. The van der Waals surface area contributed by atoms with Gasteiger partial charge in [-0.1, -0.05) is 0 Å². The quantitative estimate of drug-likeness (QED) is 0.177. The first-order valence-electron chi connectivity index (χ1n) is 8.12. The van der Waals surface area contributed by atoms with Gasteiger partial charge in [0.05, 0.1) is 13.2 Å². The number of pyridine rings is 1. The molecule has 2 rings (SSSR count). The van der Waals surface area contributed by atoms with Crippen molar-refractivity contribution in [2.75, 3.05) is 39.3 Å². The Kier molecular flexibility index (Phi) is 7.17. The Hall–Kier alpha value is -2.38. The highest BCUT2D eigenvalue weighted by molar-refractivity contribution is 7.77. The van der Waals surface area contributed by atoms with E-state index in [0.717, 1.165) is 5.69 Å². The van der Waals surface area contributed by atoms with E-state index >= 15 is 0 Å². The van der Waals surface area contributed by atoms with E-state index < -0.39 is 11.9 Å². The number of carbonyl (C=O) groups excluding carboxylic acids is 1. The Morgan fingerprint density at radius 1 is 1.23 bits per heavy atom. The van der Waals surface area contributed by atoms with Gasteiger partial charge in [0, 0.05) is 44.6 Å². The fraction of sp³-hybridized carbons (Fsp3) is 0.316. The Morgan fingerprint density at radius 2 is 1.85 bits per heavy atom. The maximum atomic E-state index is 13.2. The first-order chi connectivity index (χ1) is 12.4. The van der Waals surface area contributed by atoms with E-state index in [-0.39, 0.29) is 10.8 Å². The molecule has 1 heterocycles. The number of aromatic nitrogens is 1. The van der Waals surface area contributed by atoms with Gasteiger partial charge in [0.1, 0.15) is 5.82 Å². The van der Waals surface area contributed by atoms with Crippen LogP contribution >= 0.6 is 0 Å². The zero-order chi connectivity index (χ0) is 19.1. The van der Waals surface area contributed by atoms with Gasteiger partial charge in [-0.2, -0.15) is 4.57 Å². The summed E-state index contributed by atoms with van der Waals surface area (Å²) in [7, 11) is 5.45. The molecule has 7 heteroatoms. The molecule has 0 unspecified atom stereocenters. The second-order valence-corrected chi connectivity index (χ2v) is 6.30. The standard InChI is InChI=1S/C19H22FN3O2S/c1-22(2)16-8-11-23(12-9-16)17(19(26)21-10-13-25-3)18(24)14-4-6-15(20)7-5-14/h4-9,11-12,17H,10,13H2,1-3H3/t17-/m1/s1. The van der Waals surface area contributed by atoms with Crippen LogP contribution in [-0.2, 0) is 17.4 Å². The number of ether oxygens (including phenoxy) is 1. The molecule has 138 valence electrons. The minimum absolute atomic E-state index is 0.237. The molecule has 0 radical (unpaired) electrons. The Labute approximate surface area is 158 Å². The summed E-state index contributed by atoms with van der Waals surface area (Å²) in [6.07, 6.45) is 3.58. The molecule has 2 aromatic rings. The summed E-state index contributed by atoms with van der Waals surface area (Å²) in [6, 6.07) is 8.44. The zero-order valence-corrected chi connectivity index (χ0v) is 15.9.